The predicted octanol–water partition coefficient (Wildman–Crippen LogP) is 8.89. The summed E-state index contributed by atoms with van der Waals surface area (Å²) in [5, 5.41) is 19.4. The van der Waals surface area contributed by atoms with E-state index in [1.807, 2.05) is 79.7 Å². The molecule has 5 aromatic carbocycles. The van der Waals surface area contributed by atoms with Crippen molar-refractivity contribution in [3.63, 3.8) is 0 Å². The van der Waals surface area contributed by atoms with E-state index in [0.29, 0.717) is 39.8 Å². The van der Waals surface area contributed by atoms with Gasteiger partial charge in [-0.1, -0.05) is 71.8 Å². The topological polar surface area (TPSA) is 123 Å². The highest BCUT2D eigenvalue weighted by molar-refractivity contribution is 6.32. The van der Waals surface area contributed by atoms with Gasteiger partial charge in [0.1, 0.15) is 5.75 Å². The highest BCUT2D eigenvalue weighted by atomic mass is 35.5. The van der Waals surface area contributed by atoms with Crippen molar-refractivity contribution in [2.24, 2.45) is 33.9 Å². The minimum atomic E-state index is -1.39. The Balaban J connectivity index is 1.10. The Hall–Kier alpha value is -6.39. The molecule has 284 valence electrons. The summed E-state index contributed by atoms with van der Waals surface area (Å²) in [6, 6.07) is 37.3. The number of amides is 4. The summed E-state index contributed by atoms with van der Waals surface area (Å²) >= 11 is 6.41. The molecule has 2 aliphatic heterocycles. The number of halogens is 1. The molecule has 57 heavy (non-hydrogen) atoms. The van der Waals surface area contributed by atoms with E-state index in [0.717, 1.165) is 16.8 Å². The van der Waals surface area contributed by atoms with E-state index in [9.17, 15) is 19.5 Å². The first-order chi connectivity index (χ1) is 27.6. The van der Waals surface area contributed by atoms with E-state index in [1.54, 1.807) is 72.8 Å². The maximum Gasteiger partial charge on any atom is 0.246 e. The van der Waals surface area contributed by atoms with E-state index in [2.05, 4.69) is 10.2 Å². The lowest BCUT2D eigenvalue weighted by atomic mass is 9.49. The van der Waals surface area contributed by atoms with Gasteiger partial charge in [0.2, 0.25) is 23.6 Å². The van der Waals surface area contributed by atoms with Crippen LogP contribution in [0.5, 0.6) is 5.75 Å². The van der Waals surface area contributed by atoms with Crippen LogP contribution in [0.2, 0.25) is 5.02 Å². The number of imide groups is 2. The van der Waals surface area contributed by atoms with Crippen molar-refractivity contribution >= 4 is 63.7 Å². The first-order valence-corrected chi connectivity index (χ1v) is 19.3. The first kappa shape index (κ1) is 36.3. The number of nitrogens with zero attached hydrogens (tertiary/aromatic N) is 5. The van der Waals surface area contributed by atoms with Crippen LogP contribution in [0.15, 0.2) is 149 Å². The molecule has 3 fully saturated rings. The second kappa shape index (κ2) is 14.0. The molecular weight excluding hydrogens is 738 g/mol. The van der Waals surface area contributed by atoms with Crippen LogP contribution in [0.1, 0.15) is 29.9 Å². The van der Waals surface area contributed by atoms with Gasteiger partial charge in [-0.2, -0.15) is 10.2 Å². The molecule has 2 heterocycles. The average molecular weight is 776 g/mol. The predicted molar refractivity (Wildman–Crippen MR) is 218 cm³/mol. The molecule has 0 bridgehead atoms. The third-order valence-corrected chi connectivity index (χ3v) is 12.4. The average Bonchev–Trinajstić information content (AvgIpc) is 3.61. The van der Waals surface area contributed by atoms with Crippen molar-refractivity contribution in [1.82, 2.24) is 0 Å². The number of allylic oxidation sites excluding steroid dienone is 2. The van der Waals surface area contributed by atoms with Crippen LogP contribution in [0.4, 0.5) is 28.4 Å². The van der Waals surface area contributed by atoms with Gasteiger partial charge in [0.25, 0.3) is 0 Å². The number of hydrogen-bond donors (Lipinski definition) is 1. The molecule has 1 N–H and O–H groups in total. The lowest BCUT2D eigenvalue weighted by Gasteiger charge is -2.50. The third kappa shape index (κ3) is 5.77. The number of phenolic OH excluding ortho intramolecular Hbond substituents is 1. The Morgan fingerprint density at radius 1 is 0.702 bits per heavy atom. The lowest BCUT2D eigenvalue weighted by molar-refractivity contribution is -0.127. The summed E-state index contributed by atoms with van der Waals surface area (Å²) in [5.41, 5.74) is 3.94. The van der Waals surface area contributed by atoms with Crippen LogP contribution in [-0.2, 0) is 24.6 Å². The zero-order valence-electron chi connectivity index (χ0n) is 31.2. The van der Waals surface area contributed by atoms with Gasteiger partial charge in [0, 0.05) is 30.7 Å². The quantitative estimate of drug-likeness (QED) is 0.100. The summed E-state index contributed by atoms with van der Waals surface area (Å²) in [5.74, 6) is -4.83. The second-order valence-corrected chi connectivity index (χ2v) is 15.8. The van der Waals surface area contributed by atoms with Crippen LogP contribution in [-0.4, -0.2) is 42.8 Å². The zero-order chi connectivity index (χ0) is 39.6. The number of carbonyl (C=O) groups is 4. The van der Waals surface area contributed by atoms with E-state index in [4.69, 9.17) is 11.6 Å². The molecule has 0 radical (unpaired) electrons. The summed E-state index contributed by atoms with van der Waals surface area (Å²) in [6.45, 7) is 0. The van der Waals surface area contributed by atoms with Gasteiger partial charge in [-0.25, -0.2) is 4.90 Å². The molecule has 2 aliphatic carbocycles. The molecular formula is C46H38ClN5O5. The van der Waals surface area contributed by atoms with E-state index >= 15 is 4.79 Å². The van der Waals surface area contributed by atoms with Crippen molar-refractivity contribution in [3.05, 3.63) is 155 Å². The largest absolute Gasteiger partial charge is 0.508 e. The minimum absolute atomic E-state index is 0.0573. The number of fused-ring (bicyclic) bond motifs is 4. The molecule has 0 aromatic heterocycles. The standard InChI is InChI=1S/C46H38ClN5O5/c1-50(2)32-17-13-30(14-18-32)48-49-31-15-19-33(20-16-31)51-42(54)37-24-23-36-38(40(37)44(51)56)26-39-43(55)52(34-10-6-9-29(47)25-34)45(57)46(39,28-7-4-3-5-8-28)41(36)27-11-21-35(53)22-12-27/h3-23,25,37-41,53H,24,26H2,1-2H3/t37-,38+,39-,40-,41-,46+/m0/s1. The molecule has 1 saturated carbocycles. The van der Waals surface area contributed by atoms with Gasteiger partial charge in [-0.3, -0.25) is 24.1 Å². The fraction of sp³-hybridized carbons (Fsp3) is 0.217. The van der Waals surface area contributed by atoms with Gasteiger partial charge in [0.05, 0.1) is 45.9 Å². The number of anilines is 3. The number of azo groups is 1. The van der Waals surface area contributed by atoms with Crippen LogP contribution >= 0.6 is 11.6 Å². The Bertz CT molecular complexity index is 2490. The smallest absolute Gasteiger partial charge is 0.246 e. The van der Waals surface area contributed by atoms with Gasteiger partial charge in [0.15, 0.2) is 0 Å². The number of aromatic hydroxyl groups is 1. The van der Waals surface area contributed by atoms with Crippen molar-refractivity contribution in [1.29, 1.82) is 0 Å². The van der Waals surface area contributed by atoms with Gasteiger partial charge >= 0.3 is 0 Å². The zero-order valence-corrected chi connectivity index (χ0v) is 32.0. The van der Waals surface area contributed by atoms with Gasteiger partial charge in [-0.05, 0) is 109 Å². The molecule has 0 spiro atoms. The van der Waals surface area contributed by atoms with E-state index in [1.165, 1.54) is 9.80 Å². The van der Waals surface area contributed by atoms with Crippen LogP contribution in [0.3, 0.4) is 0 Å². The number of rotatable bonds is 7. The number of benzene rings is 5. The molecule has 10 nitrogen and oxygen atoms in total. The summed E-state index contributed by atoms with van der Waals surface area (Å²) < 4.78 is 0. The third-order valence-electron chi connectivity index (χ3n) is 12.1. The SMILES string of the molecule is CN(C)c1ccc(N=Nc2ccc(N3C(=O)[C@H]4[C@H](CC=C5[C@H]4C[C@H]4C(=O)N(c6cccc(Cl)c6)C(=O)[C@@]4(c4ccccc4)[C@H]5c4ccc(O)cc4)C3=O)cc2)cc1. The van der Waals surface area contributed by atoms with Crippen molar-refractivity contribution < 1.29 is 24.3 Å². The summed E-state index contributed by atoms with van der Waals surface area (Å²) in [6.07, 6.45) is 2.49. The lowest BCUT2D eigenvalue weighted by Crippen LogP contribution is -2.53. The normalized spacial score (nSPS) is 25.4. The minimum Gasteiger partial charge on any atom is -0.508 e. The fourth-order valence-corrected chi connectivity index (χ4v) is 9.83. The van der Waals surface area contributed by atoms with E-state index < -0.39 is 35.0 Å². The molecule has 6 atom stereocenters. The number of hydrogen-bond acceptors (Lipinski definition) is 8. The maximum absolute atomic E-state index is 15.3. The Morgan fingerprint density at radius 3 is 2.02 bits per heavy atom. The molecule has 2 saturated heterocycles. The molecule has 4 amide bonds. The maximum atomic E-state index is 15.3. The molecule has 9 rings (SSSR count). The van der Waals surface area contributed by atoms with Crippen LogP contribution in [0.25, 0.3) is 0 Å². The fourth-order valence-electron chi connectivity index (χ4n) is 9.64. The molecule has 0 unspecified atom stereocenters. The van der Waals surface area contributed by atoms with E-state index in [-0.39, 0.29) is 35.8 Å². The highest BCUT2D eigenvalue weighted by Crippen LogP contribution is 2.64. The molecule has 4 aliphatic rings. The van der Waals surface area contributed by atoms with Crippen molar-refractivity contribution in [3.8, 4) is 5.75 Å². The summed E-state index contributed by atoms with van der Waals surface area (Å²) in [4.78, 5) is 63.7. The van der Waals surface area contributed by atoms with Gasteiger partial charge in [-0.15, -0.1) is 0 Å². The van der Waals surface area contributed by atoms with Crippen molar-refractivity contribution in [2.75, 3.05) is 28.8 Å². The summed E-state index contributed by atoms with van der Waals surface area (Å²) in [7, 11) is 3.93. The number of carbonyl (C=O) groups excluding carboxylic acids is 4. The van der Waals surface area contributed by atoms with Gasteiger partial charge < -0.3 is 10.0 Å². The van der Waals surface area contributed by atoms with Crippen molar-refractivity contribution in [2.45, 2.75) is 24.2 Å². The highest BCUT2D eigenvalue weighted by Gasteiger charge is 2.70. The molecule has 11 heteroatoms. The number of phenols is 1. The Morgan fingerprint density at radius 2 is 1.37 bits per heavy atom. The molecule has 5 aromatic rings. The first-order valence-electron chi connectivity index (χ1n) is 18.9. The second-order valence-electron chi connectivity index (χ2n) is 15.3. The van der Waals surface area contributed by atoms with Crippen LogP contribution in [0, 0.1) is 23.7 Å². The Labute approximate surface area is 334 Å². The monoisotopic (exact) mass is 775 g/mol. The Kier molecular flexibility index (Phi) is 8.89. The van der Waals surface area contributed by atoms with Crippen LogP contribution < -0.4 is 14.7 Å².